The summed E-state index contributed by atoms with van der Waals surface area (Å²) >= 11 is 16.7. The van der Waals surface area contributed by atoms with Gasteiger partial charge in [0, 0.05) is 11.8 Å². The van der Waals surface area contributed by atoms with Crippen LogP contribution in [0.4, 0.5) is 0 Å². The van der Waals surface area contributed by atoms with Crippen LogP contribution in [0.1, 0.15) is 12.8 Å². The lowest BCUT2D eigenvalue weighted by Crippen LogP contribution is -2.21. The van der Waals surface area contributed by atoms with Crippen molar-refractivity contribution in [3.05, 3.63) is 0 Å². The molecule has 0 aromatic rings. The van der Waals surface area contributed by atoms with E-state index >= 15 is 0 Å². The number of aliphatic hydroxyl groups excluding tert-OH is 2. The van der Waals surface area contributed by atoms with E-state index < -0.39 is 12.2 Å². The smallest absolute Gasteiger partial charge is 0.0908 e. The number of ether oxygens (including phenoxy) is 1. The van der Waals surface area contributed by atoms with Gasteiger partial charge in [-0.15, -0.1) is 34.8 Å². The van der Waals surface area contributed by atoms with Gasteiger partial charge in [-0.3, -0.25) is 0 Å². The second kappa shape index (κ2) is 10.9. The van der Waals surface area contributed by atoms with E-state index in [0.29, 0.717) is 18.9 Å². The van der Waals surface area contributed by atoms with E-state index in [0.717, 1.165) is 6.42 Å². The molecule has 0 radical (unpaired) electrons. The van der Waals surface area contributed by atoms with Gasteiger partial charge in [0.05, 0.1) is 31.3 Å². The Hall–Kier alpha value is 0.750. The van der Waals surface area contributed by atoms with Crippen molar-refractivity contribution in [3.63, 3.8) is 0 Å². The Morgan fingerprint density at radius 2 is 1.44 bits per heavy atom. The van der Waals surface area contributed by atoms with Gasteiger partial charge in [0.15, 0.2) is 0 Å². The van der Waals surface area contributed by atoms with Crippen LogP contribution in [0, 0.1) is 5.92 Å². The lowest BCUT2D eigenvalue weighted by atomic mass is 10.0. The molecule has 0 saturated heterocycles. The molecular weight excluding hydrogens is 274 g/mol. The number of hydrogen-bond acceptors (Lipinski definition) is 3. The van der Waals surface area contributed by atoms with E-state index in [4.69, 9.17) is 44.6 Å². The van der Waals surface area contributed by atoms with Crippen LogP contribution in [-0.4, -0.2) is 53.3 Å². The minimum Gasteiger partial charge on any atom is -0.392 e. The van der Waals surface area contributed by atoms with Gasteiger partial charge in [-0.25, -0.2) is 0 Å². The molecule has 0 aromatic heterocycles. The fourth-order valence-corrected chi connectivity index (χ4v) is 1.61. The molecule has 0 aliphatic carbocycles. The van der Waals surface area contributed by atoms with Crippen LogP contribution in [0.2, 0.25) is 0 Å². The molecule has 16 heavy (non-hydrogen) atoms. The molecular formula is C10H19Cl3O3. The molecule has 0 aromatic carbocycles. The molecule has 0 aliphatic heterocycles. The van der Waals surface area contributed by atoms with Crippen molar-refractivity contribution in [1.29, 1.82) is 0 Å². The maximum absolute atomic E-state index is 9.28. The normalized spacial score (nSPS) is 17.1. The first-order chi connectivity index (χ1) is 7.63. The largest absolute Gasteiger partial charge is 0.392 e. The molecule has 3 unspecified atom stereocenters. The van der Waals surface area contributed by atoms with Crippen molar-refractivity contribution in [1.82, 2.24) is 0 Å². The van der Waals surface area contributed by atoms with Crippen LogP contribution in [0.15, 0.2) is 0 Å². The summed E-state index contributed by atoms with van der Waals surface area (Å²) in [6.45, 7) is 0.682. The average Bonchev–Trinajstić information content (AvgIpc) is 2.32. The SMILES string of the molecule is OC(CCl)CCC(CCl)COCC(O)CCl. The van der Waals surface area contributed by atoms with Gasteiger partial charge < -0.3 is 14.9 Å². The zero-order valence-electron chi connectivity index (χ0n) is 9.12. The molecule has 0 spiro atoms. The summed E-state index contributed by atoms with van der Waals surface area (Å²) in [7, 11) is 0. The highest BCUT2D eigenvalue weighted by Gasteiger charge is 2.12. The summed E-state index contributed by atoms with van der Waals surface area (Å²) in [4.78, 5) is 0. The summed E-state index contributed by atoms with van der Waals surface area (Å²) in [5.41, 5.74) is 0. The van der Waals surface area contributed by atoms with Gasteiger partial charge in [-0.1, -0.05) is 0 Å². The van der Waals surface area contributed by atoms with Crippen molar-refractivity contribution < 1.29 is 14.9 Å². The molecule has 0 amide bonds. The lowest BCUT2D eigenvalue weighted by molar-refractivity contribution is 0.0305. The molecule has 0 rings (SSSR count). The summed E-state index contributed by atoms with van der Waals surface area (Å²) in [6, 6.07) is 0. The summed E-state index contributed by atoms with van der Waals surface area (Å²) < 4.78 is 5.27. The fourth-order valence-electron chi connectivity index (χ4n) is 1.13. The Morgan fingerprint density at radius 1 is 0.812 bits per heavy atom. The quantitative estimate of drug-likeness (QED) is 0.604. The van der Waals surface area contributed by atoms with Crippen LogP contribution in [0.25, 0.3) is 0 Å². The molecule has 2 N–H and O–H groups in total. The predicted octanol–water partition coefficient (Wildman–Crippen LogP) is 1.84. The second-order valence-electron chi connectivity index (χ2n) is 3.75. The zero-order valence-corrected chi connectivity index (χ0v) is 11.4. The lowest BCUT2D eigenvalue weighted by Gasteiger charge is -2.16. The molecule has 98 valence electrons. The monoisotopic (exact) mass is 292 g/mol. The third kappa shape index (κ3) is 8.85. The van der Waals surface area contributed by atoms with Gasteiger partial charge in [0.1, 0.15) is 0 Å². The Kier molecular flexibility index (Phi) is 11.4. The molecule has 0 bridgehead atoms. The Balaban J connectivity index is 3.58. The van der Waals surface area contributed by atoms with Crippen molar-refractivity contribution in [2.75, 3.05) is 30.9 Å². The highest BCUT2D eigenvalue weighted by atomic mass is 35.5. The summed E-state index contributed by atoms with van der Waals surface area (Å²) in [5, 5.41) is 18.4. The van der Waals surface area contributed by atoms with E-state index in [1.165, 1.54) is 0 Å². The van der Waals surface area contributed by atoms with Crippen LogP contribution >= 0.6 is 34.8 Å². The second-order valence-corrected chi connectivity index (χ2v) is 4.68. The topological polar surface area (TPSA) is 49.7 Å². The Labute approximate surface area is 112 Å². The fraction of sp³-hybridized carbons (Fsp3) is 1.00. The zero-order chi connectivity index (χ0) is 12.4. The van der Waals surface area contributed by atoms with Crippen LogP contribution in [0.5, 0.6) is 0 Å². The maximum atomic E-state index is 9.28. The van der Waals surface area contributed by atoms with Crippen LogP contribution in [-0.2, 0) is 4.74 Å². The third-order valence-electron chi connectivity index (χ3n) is 2.15. The van der Waals surface area contributed by atoms with E-state index in [-0.39, 0.29) is 24.3 Å². The molecule has 3 nitrogen and oxygen atoms in total. The van der Waals surface area contributed by atoms with Gasteiger partial charge in [0.25, 0.3) is 0 Å². The molecule has 6 heteroatoms. The third-order valence-corrected chi connectivity index (χ3v) is 3.30. The Morgan fingerprint density at radius 3 is 1.94 bits per heavy atom. The molecule has 0 heterocycles. The molecule has 0 fully saturated rings. The van der Waals surface area contributed by atoms with Gasteiger partial charge in [-0.05, 0) is 18.8 Å². The van der Waals surface area contributed by atoms with Crippen molar-refractivity contribution in [2.45, 2.75) is 25.0 Å². The standard InChI is InChI=1S/C10H19Cl3O3/c11-3-8(1-2-9(14)4-12)6-16-7-10(15)5-13/h8-10,14-15H,1-7H2. The number of alkyl halides is 3. The maximum Gasteiger partial charge on any atom is 0.0908 e. The molecule has 0 aliphatic rings. The Bertz CT molecular complexity index is 160. The number of aliphatic hydroxyl groups is 2. The molecule has 3 atom stereocenters. The number of halogens is 3. The highest BCUT2D eigenvalue weighted by Crippen LogP contribution is 2.12. The van der Waals surface area contributed by atoms with Gasteiger partial charge >= 0.3 is 0 Å². The predicted molar refractivity (Wildman–Crippen MR) is 67.7 cm³/mol. The summed E-state index contributed by atoms with van der Waals surface area (Å²) in [5.74, 6) is 1.03. The highest BCUT2D eigenvalue weighted by molar-refractivity contribution is 6.18. The van der Waals surface area contributed by atoms with Gasteiger partial charge in [0.2, 0.25) is 0 Å². The summed E-state index contributed by atoms with van der Waals surface area (Å²) in [6.07, 6.45) is 0.253. The van der Waals surface area contributed by atoms with E-state index in [1.807, 2.05) is 0 Å². The number of rotatable bonds is 10. The average molecular weight is 294 g/mol. The van der Waals surface area contributed by atoms with Crippen LogP contribution < -0.4 is 0 Å². The van der Waals surface area contributed by atoms with E-state index in [1.54, 1.807) is 0 Å². The first-order valence-corrected chi connectivity index (χ1v) is 6.86. The molecule has 0 saturated carbocycles. The van der Waals surface area contributed by atoms with Crippen molar-refractivity contribution in [2.24, 2.45) is 5.92 Å². The first-order valence-electron chi connectivity index (χ1n) is 5.25. The van der Waals surface area contributed by atoms with Crippen molar-refractivity contribution in [3.8, 4) is 0 Å². The minimum absolute atomic E-state index is 0.163. The van der Waals surface area contributed by atoms with E-state index in [2.05, 4.69) is 0 Å². The minimum atomic E-state index is -0.633. The first kappa shape index (κ1) is 16.8. The van der Waals surface area contributed by atoms with Gasteiger partial charge in [-0.2, -0.15) is 0 Å². The van der Waals surface area contributed by atoms with E-state index in [9.17, 15) is 5.11 Å². The van der Waals surface area contributed by atoms with Crippen molar-refractivity contribution >= 4 is 34.8 Å². The number of hydrogen-bond donors (Lipinski definition) is 2. The van der Waals surface area contributed by atoms with Crippen LogP contribution in [0.3, 0.4) is 0 Å².